The van der Waals surface area contributed by atoms with E-state index in [0.717, 1.165) is 50.1 Å². The minimum absolute atomic E-state index is 0.902. The lowest BCUT2D eigenvalue weighted by Crippen LogP contribution is -2.09. The SMILES string of the molecule is c1ccc(N(c2ccc(-c3ccc4cc(-c5ccc6ccccc6c5)ccc4c3)cc2)c2cccc(-c3cccc4oc5ccccc5c34)c2)cc1. The van der Waals surface area contributed by atoms with Gasteiger partial charge in [0.15, 0.2) is 0 Å². The summed E-state index contributed by atoms with van der Waals surface area (Å²) < 4.78 is 6.23. The molecule has 9 aromatic carbocycles. The third-order valence-corrected chi connectivity index (χ3v) is 10.2. The molecule has 2 heteroatoms. The van der Waals surface area contributed by atoms with Gasteiger partial charge in [-0.2, -0.15) is 0 Å². The van der Waals surface area contributed by atoms with Gasteiger partial charge in [0.2, 0.25) is 0 Å². The maximum absolute atomic E-state index is 6.23. The second-order valence-corrected chi connectivity index (χ2v) is 13.4. The highest BCUT2D eigenvalue weighted by atomic mass is 16.3. The molecular formula is C50H33NO. The third-order valence-electron chi connectivity index (χ3n) is 10.2. The number of nitrogens with zero attached hydrogens (tertiary/aromatic N) is 1. The summed E-state index contributed by atoms with van der Waals surface area (Å²) in [6.45, 7) is 0. The van der Waals surface area contributed by atoms with Crippen LogP contribution in [0.4, 0.5) is 17.1 Å². The van der Waals surface area contributed by atoms with Crippen LogP contribution in [-0.2, 0) is 0 Å². The summed E-state index contributed by atoms with van der Waals surface area (Å²) in [5, 5.41) is 7.27. The average molecular weight is 664 g/mol. The number of rotatable bonds is 6. The smallest absolute Gasteiger partial charge is 0.136 e. The van der Waals surface area contributed by atoms with Crippen molar-refractivity contribution < 1.29 is 4.42 Å². The molecule has 0 unspecified atom stereocenters. The number of fused-ring (bicyclic) bond motifs is 5. The summed E-state index contributed by atoms with van der Waals surface area (Å²) in [5.41, 5.74) is 12.3. The van der Waals surface area contributed by atoms with Crippen molar-refractivity contribution >= 4 is 60.5 Å². The molecular weight excluding hydrogens is 631 g/mol. The fourth-order valence-electron chi connectivity index (χ4n) is 7.63. The van der Waals surface area contributed by atoms with Gasteiger partial charge in [0.05, 0.1) is 0 Å². The summed E-state index contributed by atoms with van der Waals surface area (Å²) in [7, 11) is 0. The first-order valence-corrected chi connectivity index (χ1v) is 17.7. The van der Waals surface area contributed by atoms with Crippen molar-refractivity contribution in [1.82, 2.24) is 0 Å². The van der Waals surface area contributed by atoms with Crippen LogP contribution in [0.15, 0.2) is 205 Å². The first kappa shape index (κ1) is 30.0. The minimum Gasteiger partial charge on any atom is -0.456 e. The number of anilines is 3. The van der Waals surface area contributed by atoms with E-state index in [1.54, 1.807) is 0 Å². The Morgan fingerprint density at radius 2 is 0.846 bits per heavy atom. The van der Waals surface area contributed by atoms with Crippen LogP contribution in [0.5, 0.6) is 0 Å². The third kappa shape index (κ3) is 5.30. The second-order valence-electron chi connectivity index (χ2n) is 13.4. The highest BCUT2D eigenvalue weighted by molar-refractivity contribution is 6.12. The van der Waals surface area contributed by atoms with Gasteiger partial charge in [-0.05, 0) is 122 Å². The van der Waals surface area contributed by atoms with E-state index in [1.165, 1.54) is 43.8 Å². The van der Waals surface area contributed by atoms with Crippen LogP contribution in [0.2, 0.25) is 0 Å². The molecule has 0 saturated carbocycles. The van der Waals surface area contributed by atoms with E-state index >= 15 is 0 Å². The Morgan fingerprint density at radius 3 is 1.62 bits per heavy atom. The quantitative estimate of drug-likeness (QED) is 0.176. The molecule has 0 atom stereocenters. The average Bonchev–Trinajstić information content (AvgIpc) is 3.60. The first-order valence-electron chi connectivity index (χ1n) is 17.7. The van der Waals surface area contributed by atoms with Crippen LogP contribution >= 0.6 is 0 Å². The van der Waals surface area contributed by atoms with Crippen LogP contribution in [0.25, 0.3) is 76.9 Å². The van der Waals surface area contributed by atoms with Gasteiger partial charge >= 0.3 is 0 Å². The molecule has 2 nitrogen and oxygen atoms in total. The normalized spacial score (nSPS) is 11.5. The lowest BCUT2D eigenvalue weighted by atomic mass is 9.96. The zero-order valence-electron chi connectivity index (χ0n) is 28.4. The molecule has 0 spiro atoms. The van der Waals surface area contributed by atoms with E-state index in [4.69, 9.17) is 4.42 Å². The van der Waals surface area contributed by atoms with Crippen molar-refractivity contribution in [2.75, 3.05) is 4.90 Å². The molecule has 52 heavy (non-hydrogen) atoms. The molecule has 10 aromatic rings. The monoisotopic (exact) mass is 663 g/mol. The van der Waals surface area contributed by atoms with Crippen molar-refractivity contribution in [2.24, 2.45) is 0 Å². The van der Waals surface area contributed by atoms with Gasteiger partial charge in [-0.3, -0.25) is 0 Å². The molecule has 1 heterocycles. The highest BCUT2D eigenvalue weighted by Crippen LogP contribution is 2.41. The lowest BCUT2D eigenvalue weighted by molar-refractivity contribution is 0.669. The van der Waals surface area contributed by atoms with Crippen LogP contribution in [-0.4, -0.2) is 0 Å². The predicted molar refractivity (Wildman–Crippen MR) is 220 cm³/mol. The van der Waals surface area contributed by atoms with Crippen LogP contribution in [0, 0.1) is 0 Å². The van der Waals surface area contributed by atoms with Crippen molar-refractivity contribution in [3.63, 3.8) is 0 Å². The summed E-state index contributed by atoms with van der Waals surface area (Å²) in [6, 6.07) is 71.7. The number of para-hydroxylation sites is 2. The molecule has 0 aliphatic heterocycles. The summed E-state index contributed by atoms with van der Waals surface area (Å²) in [6.07, 6.45) is 0. The van der Waals surface area contributed by atoms with Gasteiger partial charge < -0.3 is 9.32 Å². The van der Waals surface area contributed by atoms with E-state index < -0.39 is 0 Å². The number of hydrogen-bond donors (Lipinski definition) is 0. The van der Waals surface area contributed by atoms with Gasteiger partial charge in [0.1, 0.15) is 11.2 Å². The zero-order valence-corrected chi connectivity index (χ0v) is 28.4. The Morgan fingerprint density at radius 1 is 0.308 bits per heavy atom. The van der Waals surface area contributed by atoms with Gasteiger partial charge in [-0.25, -0.2) is 0 Å². The molecule has 0 saturated heterocycles. The van der Waals surface area contributed by atoms with Crippen LogP contribution in [0.1, 0.15) is 0 Å². The van der Waals surface area contributed by atoms with Gasteiger partial charge in [0.25, 0.3) is 0 Å². The lowest BCUT2D eigenvalue weighted by Gasteiger charge is -2.26. The first-order chi connectivity index (χ1) is 25.7. The van der Waals surface area contributed by atoms with E-state index in [1.807, 2.05) is 12.1 Å². The Hall–Kier alpha value is -6.90. The van der Waals surface area contributed by atoms with Crippen molar-refractivity contribution in [3.8, 4) is 33.4 Å². The van der Waals surface area contributed by atoms with E-state index in [9.17, 15) is 0 Å². The van der Waals surface area contributed by atoms with Gasteiger partial charge in [-0.15, -0.1) is 0 Å². The molecule has 0 aliphatic carbocycles. The molecule has 244 valence electrons. The number of furan rings is 1. The summed E-state index contributed by atoms with van der Waals surface area (Å²) >= 11 is 0. The summed E-state index contributed by atoms with van der Waals surface area (Å²) in [4.78, 5) is 2.33. The maximum atomic E-state index is 6.23. The largest absolute Gasteiger partial charge is 0.456 e. The fraction of sp³-hybridized carbons (Fsp3) is 0. The molecule has 0 amide bonds. The molecule has 0 fully saturated rings. The molecule has 0 N–H and O–H groups in total. The predicted octanol–water partition coefficient (Wildman–Crippen LogP) is 14.4. The molecule has 1 aromatic heterocycles. The van der Waals surface area contributed by atoms with Crippen molar-refractivity contribution in [3.05, 3.63) is 200 Å². The Kier molecular flexibility index (Phi) is 7.18. The highest BCUT2D eigenvalue weighted by Gasteiger charge is 2.16. The van der Waals surface area contributed by atoms with E-state index in [-0.39, 0.29) is 0 Å². The fourth-order valence-corrected chi connectivity index (χ4v) is 7.63. The van der Waals surface area contributed by atoms with Gasteiger partial charge in [0, 0.05) is 27.8 Å². The molecule has 10 rings (SSSR count). The number of benzene rings is 9. The molecule has 0 bridgehead atoms. The topological polar surface area (TPSA) is 16.4 Å². The standard InChI is InChI=1S/C50H33NO/c1-2-13-43(14-3-1)51(45-15-8-12-42(33-45)46-17-9-19-49-50(46)47-16-6-7-18-48(47)52-49)44-28-26-35(27-29-44)37-22-23-40-32-41(25-24-39(40)31-37)38-21-20-34-10-4-5-11-36(34)30-38/h1-33H. The summed E-state index contributed by atoms with van der Waals surface area (Å²) in [5.74, 6) is 0. The molecule has 0 radical (unpaired) electrons. The molecule has 0 aliphatic rings. The Balaban J connectivity index is 0.994. The van der Waals surface area contributed by atoms with Crippen molar-refractivity contribution in [2.45, 2.75) is 0 Å². The number of hydrogen-bond acceptors (Lipinski definition) is 2. The Bertz CT molecular complexity index is 2900. The maximum Gasteiger partial charge on any atom is 0.136 e. The Labute approximate surface area is 302 Å². The minimum atomic E-state index is 0.902. The van der Waals surface area contributed by atoms with Crippen LogP contribution in [0.3, 0.4) is 0 Å². The van der Waals surface area contributed by atoms with E-state index in [0.29, 0.717) is 0 Å². The second kappa shape index (κ2) is 12.5. The zero-order chi connectivity index (χ0) is 34.4. The van der Waals surface area contributed by atoms with Crippen LogP contribution < -0.4 is 4.90 Å². The van der Waals surface area contributed by atoms with Crippen molar-refractivity contribution in [1.29, 1.82) is 0 Å². The van der Waals surface area contributed by atoms with E-state index in [2.05, 4.69) is 193 Å². The van der Waals surface area contributed by atoms with Gasteiger partial charge in [-0.1, -0.05) is 133 Å².